The highest BCUT2D eigenvalue weighted by molar-refractivity contribution is 5.78. The molecule has 7 nitrogen and oxygen atoms in total. The Balaban J connectivity index is 2.14. The number of nitro groups is 1. The Morgan fingerprint density at radius 1 is 1.50 bits per heavy atom. The number of hydrogen-bond donors (Lipinski definition) is 1. The SMILES string of the molecule is CN1CCC(Nc2ccc([N+](=O)[O-])c(OC(F)F)c2)CC1=O. The second-order valence-corrected chi connectivity index (χ2v) is 4.97. The summed E-state index contributed by atoms with van der Waals surface area (Å²) < 4.78 is 28.9. The van der Waals surface area contributed by atoms with Crippen molar-refractivity contribution in [1.29, 1.82) is 0 Å². The van der Waals surface area contributed by atoms with Crippen LogP contribution in [0.1, 0.15) is 12.8 Å². The fourth-order valence-electron chi connectivity index (χ4n) is 2.25. The smallest absolute Gasteiger partial charge is 0.387 e. The van der Waals surface area contributed by atoms with E-state index in [1.54, 1.807) is 11.9 Å². The fourth-order valence-corrected chi connectivity index (χ4v) is 2.25. The summed E-state index contributed by atoms with van der Waals surface area (Å²) in [5, 5.41) is 13.8. The maximum absolute atomic E-state index is 12.3. The molecule has 0 aliphatic carbocycles. The van der Waals surface area contributed by atoms with Gasteiger partial charge in [0.05, 0.1) is 4.92 Å². The molecule has 1 unspecified atom stereocenters. The molecule has 0 aromatic heterocycles. The monoisotopic (exact) mass is 315 g/mol. The van der Waals surface area contributed by atoms with Crippen molar-refractivity contribution in [2.24, 2.45) is 0 Å². The van der Waals surface area contributed by atoms with Gasteiger partial charge in [-0.25, -0.2) is 0 Å². The number of ether oxygens (including phenoxy) is 1. The van der Waals surface area contributed by atoms with E-state index in [-0.39, 0.29) is 18.4 Å². The minimum atomic E-state index is -3.15. The number of halogens is 2. The van der Waals surface area contributed by atoms with Crippen molar-refractivity contribution in [3.63, 3.8) is 0 Å². The Bertz CT molecular complexity index is 582. The summed E-state index contributed by atoms with van der Waals surface area (Å²) in [6, 6.07) is 3.49. The van der Waals surface area contributed by atoms with Gasteiger partial charge >= 0.3 is 12.3 Å². The number of carbonyl (C=O) groups excluding carboxylic acids is 1. The first kappa shape index (κ1) is 15.9. The topological polar surface area (TPSA) is 84.7 Å². The summed E-state index contributed by atoms with van der Waals surface area (Å²) in [4.78, 5) is 23.2. The number of nitro benzene ring substituents is 1. The van der Waals surface area contributed by atoms with Crippen molar-refractivity contribution < 1.29 is 23.2 Å². The standard InChI is InChI=1S/C13H15F2N3O4/c1-17-5-4-9(7-12(17)19)16-8-2-3-10(18(20)21)11(6-8)22-13(14)15/h2-3,6,9,13,16H,4-5,7H2,1H3. The van der Waals surface area contributed by atoms with E-state index in [9.17, 15) is 23.7 Å². The van der Waals surface area contributed by atoms with Crippen LogP contribution in [0.25, 0.3) is 0 Å². The molecule has 1 amide bonds. The van der Waals surface area contributed by atoms with Gasteiger partial charge in [-0.3, -0.25) is 14.9 Å². The Morgan fingerprint density at radius 3 is 2.82 bits per heavy atom. The second-order valence-electron chi connectivity index (χ2n) is 4.97. The van der Waals surface area contributed by atoms with Crippen molar-refractivity contribution >= 4 is 17.3 Å². The molecule has 1 atom stereocenters. The summed E-state index contributed by atoms with van der Waals surface area (Å²) in [6.45, 7) is -2.57. The molecule has 1 heterocycles. The normalized spacial score (nSPS) is 18.5. The zero-order valence-electron chi connectivity index (χ0n) is 11.8. The number of hydrogen-bond acceptors (Lipinski definition) is 5. The summed E-state index contributed by atoms with van der Waals surface area (Å²) in [7, 11) is 1.71. The van der Waals surface area contributed by atoms with Crippen molar-refractivity contribution in [3.05, 3.63) is 28.3 Å². The number of piperidine rings is 1. The Hall–Kier alpha value is -2.45. The molecule has 120 valence electrons. The van der Waals surface area contributed by atoms with E-state index in [1.807, 2.05) is 0 Å². The number of benzene rings is 1. The highest BCUT2D eigenvalue weighted by Gasteiger charge is 2.24. The summed E-state index contributed by atoms with van der Waals surface area (Å²) in [5.41, 5.74) is -0.145. The first-order valence-corrected chi connectivity index (χ1v) is 6.60. The number of carbonyl (C=O) groups is 1. The lowest BCUT2D eigenvalue weighted by atomic mass is 10.0. The molecule has 2 rings (SSSR count). The first-order chi connectivity index (χ1) is 10.4. The van der Waals surface area contributed by atoms with E-state index in [2.05, 4.69) is 10.1 Å². The minimum absolute atomic E-state index is 0.0188. The van der Waals surface area contributed by atoms with E-state index < -0.39 is 23.0 Å². The molecule has 0 bridgehead atoms. The molecule has 1 aromatic carbocycles. The molecule has 1 aliphatic heterocycles. The molecule has 0 saturated carbocycles. The number of likely N-dealkylation sites (tertiary alicyclic amines) is 1. The van der Waals surface area contributed by atoms with Gasteiger partial charge in [-0.15, -0.1) is 0 Å². The summed E-state index contributed by atoms with van der Waals surface area (Å²) >= 11 is 0. The third-order valence-corrected chi connectivity index (χ3v) is 3.40. The fraction of sp³-hybridized carbons (Fsp3) is 0.462. The average Bonchev–Trinajstić information content (AvgIpc) is 2.42. The third kappa shape index (κ3) is 3.80. The molecule has 9 heteroatoms. The number of rotatable bonds is 5. The molecule has 0 radical (unpaired) electrons. The van der Waals surface area contributed by atoms with Crippen molar-refractivity contribution in [3.8, 4) is 5.75 Å². The molecular weight excluding hydrogens is 300 g/mol. The zero-order valence-corrected chi connectivity index (χ0v) is 11.8. The largest absolute Gasteiger partial charge is 0.427 e. The van der Waals surface area contributed by atoms with Crippen LogP contribution >= 0.6 is 0 Å². The number of amides is 1. The Kier molecular flexibility index (Phi) is 4.74. The average molecular weight is 315 g/mol. The van der Waals surface area contributed by atoms with Crippen LogP contribution in [0.5, 0.6) is 5.75 Å². The maximum atomic E-state index is 12.3. The lowest BCUT2D eigenvalue weighted by molar-refractivity contribution is -0.386. The highest BCUT2D eigenvalue weighted by atomic mass is 19.3. The molecule has 1 saturated heterocycles. The second kappa shape index (κ2) is 6.54. The van der Waals surface area contributed by atoms with E-state index in [0.29, 0.717) is 18.7 Å². The van der Waals surface area contributed by atoms with Gasteiger partial charge in [0.1, 0.15) is 0 Å². The van der Waals surface area contributed by atoms with Crippen LogP contribution in [0.3, 0.4) is 0 Å². The van der Waals surface area contributed by atoms with E-state index >= 15 is 0 Å². The van der Waals surface area contributed by atoms with Crippen LogP contribution in [0.4, 0.5) is 20.2 Å². The molecule has 1 aromatic rings. The summed E-state index contributed by atoms with van der Waals surface area (Å²) in [5.74, 6) is -0.529. The number of nitrogens with one attached hydrogen (secondary N) is 1. The van der Waals surface area contributed by atoms with E-state index in [0.717, 1.165) is 12.1 Å². The quantitative estimate of drug-likeness (QED) is 0.665. The molecule has 1 fully saturated rings. The van der Waals surface area contributed by atoms with Gasteiger partial charge in [0.15, 0.2) is 0 Å². The summed E-state index contributed by atoms with van der Waals surface area (Å²) in [6.07, 6.45) is 0.975. The molecule has 0 spiro atoms. The van der Waals surface area contributed by atoms with Gasteiger partial charge in [0.25, 0.3) is 0 Å². The van der Waals surface area contributed by atoms with Crippen LogP contribution in [-0.2, 0) is 4.79 Å². The van der Waals surface area contributed by atoms with Crippen LogP contribution < -0.4 is 10.1 Å². The highest BCUT2D eigenvalue weighted by Crippen LogP contribution is 2.32. The van der Waals surface area contributed by atoms with Crippen LogP contribution in [0.2, 0.25) is 0 Å². The van der Waals surface area contributed by atoms with Gasteiger partial charge in [-0.2, -0.15) is 8.78 Å². The Labute approximate surface area is 125 Å². The Morgan fingerprint density at radius 2 is 2.23 bits per heavy atom. The third-order valence-electron chi connectivity index (χ3n) is 3.40. The van der Waals surface area contributed by atoms with E-state index in [4.69, 9.17) is 0 Å². The maximum Gasteiger partial charge on any atom is 0.387 e. The van der Waals surface area contributed by atoms with Gasteiger partial charge in [-0.1, -0.05) is 0 Å². The predicted molar refractivity (Wildman–Crippen MR) is 74.0 cm³/mol. The van der Waals surface area contributed by atoms with Crippen molar-refractivity contribution in [1.82, 2.24) is 4.90 Å². The molecule has 1 N–H and O–H groups in total. The van der Waals surface area contributed by atoms with E-state index in [1.165, 1.54) is 6.07 Å². The lowest BCUT2D eigenvalue weighted by Gasteiger charge is -2.29. The zero-order chi connectivity index (χ0) is 16.3. The van der Waals surface area contributed by atoms with Gasteiger partial charge in [0.2, 0.25) is 11.7 Å². The molecule has 22 heavy (non-hydrogen) atoms. The van der Waals surface area contributed by atoms with Gasteiger partial charge in [0, 0.05) is 43.9 Å². The number of anilines is 1. The van der Waals surface area contributed by atoms with Crippen LogP contribution in [0, 0.1) is 10.1 Å². The van der Waals surface area contributed by atoms with Crippen molar-refractivity contribution in [2.45, 2.75) is 25.5 Å². The predicted octanol–water partition coefficient (Wildman–Crippen LogP) is 2.23. The number of nitrogens with zero attached hydrogens (tertiary/aromatic N) is 2. The van der Waals surface area contributed by atoms with Crippen LogP contribution in [-0.4, -0.2) is 42.0 Å². The molecule has 1 aliphatic rings. The van der Waals surface area contributed by atoms with Gasteiger partial charge < -0.3 is 15.0 Å². The van der Waals surface area contributed by atoms with Gasteiger partial charge in [-0.05, 0) is 12.5 Å². The lowest BCUT2D eigenvalue weighted by Crippen LogP contribution is -2.40. The van der Waals surface area contributed by atoms with Crippen molar-refractivity contribution in [2.75, 3.05) is 18.9 Å². The molecular formula is C13H15F2N3O4. The number of alkyl halides is 2. The first-order valence-electron chi connectivity index (χ1n) is 6.60. The minimum Gasteiger partial charge on any atom is -0.427 e. The van der Waals surface area contributed by atoms with Crippen LogP contribution in [0.15, 0.2) is 18.2 Å².